The van der Waals surface area contributed by atoms with Crippen LogP contribution in [0.4, 0.5) is 0 Å². The van der Waals surface area contributed by atoms with Crippen molar-refractivity contribution in [3.05, 3.63) is 0 Å². The molecule has 0 aliphatic carbocycles. The average Bonchev–Trinajstić information content (AvgIpc) is 2.19. The van der Waals surface area contributed by atoms with Crippen LogP contribution in [0.3, 0.4) is 0 Å². The van der Waals surface area contributed by atoms with E-state index in [9.17, 15) is 0 Å². The lowest BCUT2D eigenvalue weighted by Crippen LogP contribution is -2.43. The summed E-state index contributed by atoms with van der Waals surface area (Å²) in [7, 11) is 0. The van der Waals surface area contributed by atoms with Crippen LogP contribution >= 0.6 is 0 Å². The van der Waals surface area contributed by atoms with Crippen LogP contribution < -0.4 is 5.32 Å². The van der Waals surface area contributed by atoms with E-state index in [4.69, 9.17) is 5.26 Å². The number of hydrogen-bond acceptors (Lipinski definition) is 3. The molecule has 0 aromatic carbocycles. The molecule has 0 aromatic heterocycles. The fourth-order valence-corrected chi connectivity index (χ4v) is 2.29. The Labute approximate surface area is 99.8 Å². The van der Waals surface area contributed by atoms with E-state index in [1.807, 2.05) is 0 Å². The van der Waals surface area contributed by atoms with Crippen LogP contribution in [0.15, 0.2) is 0 Å². The van der Waals surface area contributed by atoms with Crippen LogP contribution in [0.25, 0.3) is 0 Å². The van der Waals surface area contributed by atoms with Gasteiger partial charge in [-0.3, -0.25) is 5.32 Å². The molecule has 1 aliphatic heterocycles. The molecule has 1 unspecified atom stereocenters. The van der Waals surface area contributed by atoms with Gasteiger partial charge in [0.25, 0.3) is 0 Å². The van der Waals surface area contributed by atoms with Gasteiger partial charge >= 0.3 is 0 Å². The number of likely N-dealkylation sites (tertiary alicyclic amines) is 1. The number of rotatable bonds is 4. The lowest BCUT2D eigenvalue weighted by atomic mass is 10.1. The third kappa shape index (κ3) is 5.48. The average molecular weight is 223 g/mol. The molecule has 0 amide bonds. The minimum Gasteiger partial charge on any atom is -0.301 e. The summed E-state index contributed by atoms with van der Waals surface area (Å²) in [6, 6.07) is 2.74. The van der Waals surface area contributed by atoms with E-state index in [0.29, 0.717) is 6.04 Å². The van der Waals surface area contributed by atoms with Gasteiger partial charge in [0.2, 0.25) is 0 Å². The molecule has 1 N–H and O–H groups in total. The fraction of sp³-hybridized carbons (Fsp3) is 0.923. The first kappa shape index (κ1) is 13.5. The highest BCUT2D eigenvalue weighted by atomic mass is 15.1. The van der Waals surface area contributed by atoms with Gasteiger partial charge in [-0.15, -0.1) is 0 Å². The zero-order valence-corrected chi connectivity index (χ0v) is 10.7. The van der Waals surface area contributed by atoms with Gasteiger partial charge < -0.3 is 4.90 Å². The summed E-state index contributed by atoms with van der Waals surface area (Å²) in [6.45, 7) is 7.40. The van der Waals surface area contributed by atoms with E-state index >= 15 is 0 Å². The SMILES string of the molecule is CC(C)NC(C#N)CN1CCCCCCC1. The third-order valence-corrected chi connectivity index (χ3v) is 3.08. The Balaban J connectivity index is 2.34. The highest BCUT2D eigenvalue weighted by molar-refractivity contribution is 4.93. The van der Waals surface area contributed by atoms with Gasteiger partial charge in [0.1, 0.15) is 6.04 Å². The Morgan fingerprint density at radius 2 is 1.69 bits per heavy atom. The zero-order valence-electron chi connectivity index (χ0n) is 10.7. The lowest BCUT2D eigenvalue weighted by molar-refractivity contribution is 0.231. The Bertz CT molecular complexity index is 212. The largest absolute Gasteiger partial charge is 0.301 e. The molecule has 1 atom stereocenters. The maximum Gasteiger partial charge on any atom is 0.108 e. The third-order valence-electron chi connectivity index (χ3n) is 3.08. The molecule has 1 aliphatic rings. The number of nitrogens with one attached hydrogen (secondary N) is 1. The van der Waals surface area contributed by atoms with Crippen LogP contribution in [0, 0.1) is 11.3 Å². The van der Waals surface area contributed by atoms with Gasteiger partial charge in [0.15, 0.2) is 0 Å². The number of nitrogens with zero attached hydrogens (tertiary/aromatic N) is 2. The van der Waals surface area contributed by atoms with E-state index in [-0.39, 0.29) is 6.04 Å². The van der Waals surface area contributed by atoms with Crippen molar-refractivity contribution >= 4 is 0 Å². The van der Waals surface area contributed by atoms with Crippen molar-refractivity contribution in [3.8, 4) is 6.07 Å². The molecule has 3 heteroatoms. The van der Waals surface area contributed by atoms with Crippen molar-refractivity contribution in [2.45, 2.75) is 58.0 Å². The molecule has 1 heterocycles. The molecular formula is C13H25N3. The lowest BCUT2D eigenvalue weighted by Gasteiger charge is -2.27. The molecule has 16 heavy (non-hydrogen) atoms. The molecule has 3 nitrogen and oxygen atoms in total. The van der Waals surface area contributed by atoms with E-state index in [1.165, 1.54) is 32.1 Å². The van der Waals surface area contributed by atoms with Crippen LogP contribution in [0.5, 0.6) is 0 Å². The van der Waals surface area contributed by atoms with Crippen LogP contribution in [-0.4, -0.2) is 36.6 Å². The quantitative estimate of drug-likeness (QED) is 0.793. The van der Waals surface area contributed by atoms with Gasteiger partial charge in [-0.25, -0.2) is 0 Å². The first-order chi connectivity index (χ1) is 7.72. The monoisotopic (exact) mass is 223 g/mol. The summed E-state index contributed by atoms with van der Waals surface area (Å²) < 4.78 is 0. The van der Waals surface area contributed by atoms with Gasteiger partial charge in [-0.05, 0) is 39.8 Å². The summed E-state index contributed by atoms with van der Waals surface area (Å²) in [5.74, 6) is 0. The first-order valence-electron chi connectivity index (χ1n) is 6.60. The second-order valence-corrected chi connectivity index (χ2v) is 5.07. The van der Waals surface area contributed by atoms with Gasteiger partial charge in [-0.1, -0.05) is 19.3 Å². The van der Waals surface area contributed by atoms with E-state index in [2.05, 4.69) is 30.1 Å². The Morgan fingerprint density at radius 1 is 1.12 bits per heavy atom. The Morgan fingerprint density at radius 3 is 2.19 bits per heavy atom. The molecule has 1 saturated heterocycles. The second kappa shape index (κ2) is 7.65. The van der Waals surface area contributed by atoms with Crippen LogP contribution in [-0.2, 0) is 0 Å². The van der Waals surface area contributed by atoms with E-state index in [1.54, 1.807) is 0 Å². The summed E-state index contributed by atoms with van der Waals surface area (Å²) in [5.41, 5.74) is 0. The van der Waals surface area contributed by atoms with Crippen molar-refractivity contribution < 1.29 is 0 Å². The molecular weight excluding hydrogens is 198 g/mol. The fourth-order valence-electron chi connectivity index (χ4n) is 2.29. The van der Waals surface area contributed by atoms with Gasteiger partial charge in [0.05, 0.1) is 6.07 Å². The standard InChI is InChI=1S/C13H25N3/c1-12(2)15-13(10-14)11-16-8-6-4-3-5-7-9-16/h12-13,15H,3-9,11H2,1-2H3. The normalized spacial score (nSPS) is 21.1. The van der Waals surface area contributed by atoms with Crippen molar-refractivity contribution in [3.63, 3.8) is 0 Å². The Hall–Kier alpha value is -0.590. The second-order valence-electron chi connectivity index (χ2n) is 5.07. The maximum absolute atomic E-state index is 9.09. The Kier molecular flexibility index (Phi) is 6.44. The topological polar surface area (TPSA) is 39.1 Å². The van der Waals surface area contributed by atoms with Gasteiger partial charge in [-0.2, -0.15) is 5.26 Å². The van der Waals surface area contributed by atoms with Gasteiger partial charge in [0, 0.05) is 12.6 Å². The van der Waals surface area contributed by atoms with Crippen molar-refractivity contribution in [1.29, 1.82) is 5.26 Å². The van der Waals surface area contributed by atoms with E-state index < -0.39 is 0 Å². The summed E-state index contributed by atoms with van der Waals surface area (Å²) in [4.78, 5) is 2.45. The highest BCUT2D eigenvalue weighted by Crippen LogP contribution is 2.10. The van der Waals surface area contributed by atoms with Crippen molar-refractivity contribution in [1.82, 2.24) is 10.2 Å². The highest BCUT2D eigenvalue weighted by Gasteiger charge is 2.15. The van der Waals surface area contributed by atoms with Crippen LogP contribution in [0.1, 0.15) is 46.0 Å². The van der Waals surface area contributed by atoms with Crippen molar-refractivity contribution in [2.75, 3.05) is 19.6 Å². The molecule has 0 bridgehead atoms. The molecule has 92 valence electrons. The molecule has 0 spiro atoms. The van der Waals surface area contributed by atoms with Crippen LogP contribution in [0.2, 0.25) is 0 Å². The first-order valence-corrected chi connectivity index (χ1v) is 6.60. The minimum atomic E-state index is -0.0144. The molecule has 0 aromatic rings. The smallest absolute Gasteiger partial charge is 0.108 e. The molecule has 1 rings (SSSR count). The molecule has 0 saturated carbocycles. The maximum atomic E-state index is 9.09. The predicted octanol–water partition coefficient (Wildman–Crippen LogP) is 2.14. The summed E-state index contributed by atoms with van der Waals surface area (Å²) in [6.07, 6.45) is 6.68. The number of nitriles is 1. The van der Waals surface area contributed by atoms with E-state index in [0.717, 1.165) is 19.6 Å². The predicted molar refractivity (Wildman–Crippen MR) is 67.2 cm³/mol. The summed E-state index contributed by atoms with van der Waals surface area (Å²) in [5, 5.41) is 12.4. The molecule has 0 radical (unpaired) electrons. The minimum absolute atomic E-state index is 0.0144. The number of hydrogen-bond donors (Lipinski definition) is 1. The van der Waals surface area contributed by atoms with Crippen molar-refractivity contribution in [2.24, 2.45) is 0 Å². The zero-order chi connectivity index (χ0) is 11.8. The summed E-state index contributed by atoms with van der Waals surface area (Å²) >= 11 is 0. The molecule has 1 fully saturated rings.